The van der Waals surface area contributed by atoms with Gasteiger partial charge in [0.25, 0.3) is 5.91 Å². The molecule has 4 heteroatoms. The maximum Gasteiger partial charge on any atom is 0.261 e. The second kappa shape index (κ2) is 5.63. The number of carbonyl (C=O) groups excluding carboxylic acids is 2. The number of ketones is 1. The number of anilines is 1. The molecule has 1 aliphatic heterocycles. The van der Waals surface area contributed by atoms with Gasteiger partial charge in [-0.15, -0.1) is 0 Å². The standard InChI is InChI=1S/C19H19NO3/c1-3-13-5-7-14(8-6-13)17(21)11-19(23)15-10-12(2)4-9-16(15)20-18(19)22/h4-10,23H,3,11H2,1-2H3,(H,20,22). The van der Waals surface area contributed by atoms with Crippen molar-refractivity contribution >= 4 is 17.4 Å². The minimum atomic E-state index is -1.80. The zero-order valence-electron chi connectivity index (χ0n) is 13.2. The summed E-state index contributed by atoms with van der Waals surface area (Å²) in [5.41, 5.74) is 1.81. The molecular weight excluding hydrogens is 290 g/mol. The Hall–Kier alpha value is -2.46. The Balaban J connectivity index is 1.90. The Bertz CT molecular complexity index is 780. The highest BCUT2D eigenvalue weighted by molar-refractivity contribution is 6.09. The molecule has 0 saturated carbocycles. The molecule has 1 aliphatic rings. The molecule has 0 radical (unpaired) electrons. The van der Waals surface area contributed by atoms with Gasteiger partial charge in [-0.25, -0.2) is 0 Å². The molecule has 0 saturated heterocycles. The number of aliphatic hydroxyl groups is 1. The van der Waals surface area contributed by atoms with Gasteiger partial charge < -0.3 is 10.4 Å². The number of benzene rings is 2. The van der Waals surface area contributed by atoms with E-state index in [1.807, 2.05) is 32.0 Å². The Morgan fingerprint density at radius 3 is 2.52 bits per heavy atom. The third-order valence-electron chi connectivity index (χ3n) is 4.35. The largest absolute Gasteiger partial charge is 0.375 e. The van der Waals surface area contributed by atoms with Crippen LogP contribution in [0.5, 0.6) is 0 Å². The second-order valence-corrected chi connectivity index (χ2v) is 6.01. The summed E-state index contributed by atoms with van der Waals surface area (Å²) in [7, 11) is 0. The summed E-state index contributed by atoms with van der Waals surface area (Å²) in [6, 6.07) is 12.6. The van der Waals surface area contributed by atoms with Crippen LogP contribution in [-0.4, -0.2) is 16.8 Å². The lowest BCUT2D eigenvalue weighted by Gasteiger charge is -2.20. The minimum absolute atomic E-state index is 0.250. The van der Waals surface area contributed by atoms with E-state index < -0.39 is 11.5 Å². The molecule has 0 spiro atoms. The Kier molecular flexibility index (Phi) is 3.78. The van der Waals surface area contributed by atoms with E-state index in [1.54, 1.807) is 24.3 Å². The number of amides is 1. The average molecular weight is 309 g/mol. The average Bonchev–Trinajstić information content (AvgIpc) is 2.79. The molecule has 2 aromatic rings. The molecule has 3 rings (SSSR count). The van der Waals surface area contributed by atoms with Gasteiger partial charge in [0.05, 0.1) is 6.42 Å². The van der Waals surface area contributed by atoms with Crippen LogP contribution < -0.4 is 5.32 Å². The molecule has 23 heavy (non-hydrogen) atoms. The highest BCUT2D eigenvalue weighted by Gasteiger charge is 2.46. The van der Waals surface area contributed by atoms with E-state index in [0.29, 0.717) is 16.8 Å². The quantitative estimate of drug-likeness (QED) is 0.853. The van der Waals surface area contributed by atoms with Crippen molar-refractivity contribution in [3.8, 4) is 0 Å². The molecular formula is C19H19NO3. The van der Waals surface area contributed by atoms with Gasteiger partial charge in [0, 0.05) is 16.8 Å². The van der Waals surface area contributed by atoms with Crippen molar-refractivity contribution in [2.45, 2.75) is 32.3 Å². The monoisotopic (exact) mass is 309 g/mol. The highest BCUT2D eigenvalue weighted by atomic mass is 16.3. The molecule has 4 nitrogen and oxygen atoms in total. The maximum atomic E-state index is 12.5. The summed E-state index contributed by atoms with van der Waals surface area (Å²) < 4.78 is 0. The molecule has 118 valence electrons. The van der Waals surface area contributed by atoms with E-state index in [2.05, 4.69) is 5.32 Å². The summed E-state index contributed by atoms with van der Waals surface area (Å²) in [4.78, 5) is 24.7. The molecule has 1 heterocycles. The van der Waals surface area contributed by atoms with Gasteiger partial charge >= 0.3 is 0 Å². The van der Waals surface area contributed by atoms with Crippen molar-refractivity contribution in [3.63, 3.8) is 0 Å². The SMILES string of the molecule is CCc1ccc(C(=O)CC2(O)C(=O)Nc3ccc(C)cc32)cc1. The van der Waals surface area contributed by atoms with Gasteiger partial charge in [-0.05, 0) is 25.0 Å². The van der Waals surface area contributed by atoms with Gasteiger partial charge in [0.1, 0.15) is 0 Å². The second-order valence-electron chi connectivity index (χ2n) is 6.01. The lowest BCUT2D eigenvalue weighted by atomic mass is 9.87. The summed E-state index contributed by atoms with van der Waals surface area (Å²) in [5.74, 6) is -0.795. The first kappa shape index (κ1) is 15.4. The Morgan fingerprint density at radius 2 is 1.87 bits per heavy atom. The van der Waals surface area contributed by atoms with Crippen molar-refractivity contribution in [1.29, 1.82) is 0 Å². The van der Waals surface area contributed by atoms with E-state index in [9.17, 15) is 14.7 Å². The third-order valence-corrected chi connectivity index (χ3v) is 4.35. The number of Topliss-reactive ketones (excluding diaryl/α,β-unsaturated/α-hetero) is 1. The number of fused-ring (bicyclic) bond motifs is 1. The fraction of sp³-hybridized carbons (Fsp3) is 0.263. The predicted octanol–water partition coefficient (Wildman–Crippen LogP) is 2.97. The fourth-order valence-electron chi connectivity index (χ4n) is 2.89. The lowest BCUT2D eigenvalue weighted by Crippen LogP contribution is -2.36. The first-order valence-electron chi connectivity index (χ1n) is 7.71. The molecule has 0 fully saturated rings. The van der Waals surface area contributed by atoms with Crippen LogP contribution in [0.2, 0.25) is 0 Å². The van der Waals surface area contributed by atoms with E-state index in [4.69, 9.17) is 0 Å². The Labute approximate surface area is 135 Å². The number of aryl methyl sites for hydroxylation is 2. The number of rotatable bonds is 4. The first-order chi connectivity index (χ1) is 10.9. The van der Waals surface area contributed by atoms with Crippen LogP contribution >= 0.6 is 0 Å². The van der Waals surface area contributed by atoms with E-state index in [-0.39, 0.29) is 12.2 Å². The number of hydrogen-bond acceptors (Lipinski definition) is 3. The first-order valence-corrected chi connectivity index (χ1v) is 7.71. The predicted molar refractivity (Wildman–Crippen MR) is 88.5 cm³/mol. The van der Waals surface area contributed by atoms with Crippen LogP contribution in [0.25, 0.3) is 0 Å². The van der Waals surface area contributed by atoms with Gasteiger partial charge in [-0.2, -0.15) is 0 Å². The normalized spacial score (nSPS) is 19.3. The molecule has 1 unspecified atom stereocenters. The van der Waals surface area contributed by atoms with E-state index in [1.165, 1.54) is 0 Å². The van der Waals surface area contributed by atoms with Gasteiger partial charge in [-0.1, -0.05) is 48.9 Å². The van der Waals surface area contributed by atoms with Crippen LogP contribution in [0.3, 0.4) is 0 Å². The summed E-state index contributed by atoms with van der Waals surface area (Å²) in [6.45, 7) is 3.93. The van der Waals surface area contributed by atoms with Crippen LogP contribution in [0, 0.1) is 6.92 Å². The number of carbonyl (C=O) groups is 2. The molecule has 1 atom stereocenters. The van der Waals surface area contributed by atoms with Crippen LogP contribution in [0.15, 0.2) is 42.5 Å². The van der Waals surface area contributed by atoms with Crippen molar-refractivity contribution in [1.82, 2.24) is 0 Å². The number of nitrogens with one attached hydrogen (secondary N) is 1. The van der Waals surface area contributed by atoms with E-state index in [0.717, 1.165) is 17.5 Å². The molecule has 0 aromatic heterocycles. The minimum Gasteiger partial charge on any atom is -0.375 e. The van der Waals surface area contributed by atoms with Crippen molar-refractivity contribution in [2.24, 2.45) is 0 Å². The van der Waals surface area contributed by atoms with Crippen molar-refractivity contribution in [3.05, 3.63) is 64.7 Å². The smallest absolute Gasteiger partial charge is 0.261 e. The third kappa shape index (κ3) is 2.66. The summed E-state index contributed by atoms with van der Waals surface area (Å²) in [5, 5.41) is 13.5. The van der Waals surface area contributed by atoms with Crippen LogP contribution in [0.4, 0.5) is 5.69 Å². The van der Waals surface area contributed by atoms with Crippen molar-refractivity contribution in [2.75, 3.05) is 5.32 Å². The maximum absolute atomic E-state index is 12.5. The molecule has 0 aliphatic carbocycles. The van der Waals surface area contributed by atoms with E-state index >= 15 is 0 Å². The molecule has 0 bridgehead atoms. The summed E-state index contributed by atoms with van der Waals surface area (Å²) >= 11 is 0. The fourth-order valence-corrected chi connectivity index (χ4v) is 2.89. The zero-order chi connectivity index (χ0) is 16.6. The zero-order valence-corrected chi connectivity index (χ0v) is 13.2. The Morgan fingerprint density at radius 1 is 1.17 bits per heavy atom. The summed E-state index contributed by atoms with van der Waals surface area (Å²) in [6.07, 6.45) is 0.633. The van der Waals surface area contributed by atoms with Gasteiger partial charge in [0.2, 0.25) is 0 Å². The molecule has 1 amide bonds. The van der Waals surface area contributed by atoms with Gasteiger partial charge in [-0.3, -0.25) is 9.59 Å². The number of hydrogen-bond donors (Lipinski definition) is 2. The van der Waals surface area contributed by atoms with Crippen LogP contribution in [-0.2, 0) is 16.8 Å². The molecule has 2 aromatic carbocycles. The van der Waals surface area contributed by atoms with Crippen molar-refractivity contribution < 1.29 is 14.7 Å². The van der Waals surface area contributed by atoms with Gasteiger partial charge in [0.15, 0.2) is 11.4 Å². The highest BCUT2D eigenvalue weighted by Crippen LogP contribution is 2.39. The lowest BCUT2D eigenvalue weighted by molar-refractivity contribution is -0.133. The van der Waals surface area contributed by atoms with Crippen LogP contribution in [0.1, 0.15) is 40.4 Å². The topological polar surface area (TPSA) is 66.4 Å². The molecule has 2 N–H and O–H groups in total.